The van der Waals surface area contributed by atoms with Gasteiger partial charge in [0.05, 0.1) is 49.1 Å². The highest BCUT2D eigenvalue weighted by atomic mass is 19.4. The van der Waals surface area contributed by atoms with Crippen molar-refractivity contribution in [1.29, 1.82) is 0 Å². The van der Waals surface area contributed by atoms with E-state index in [4.69, 9.17) is 19.9 Å². The number of nitrogens with zero attached hydrogens (tertiary/aromatic N) is 4. The summed E-state index contributed by atoms with van der Waals surface area (Å²) in [4.78, 5) is 14.8. The van der Waals surface area contributed by atoms with Crippen LogP contribution in [0.2, 0.25) is 0 Å². The summed E-state index contributed by atoms with van der Waals surface area (Å²) in [5.41, 5.74) is 1.43. The van der Waals surface area contributed by atoms with E-state index in [1.54, 1.807) is 0 Å². The fourth-order valence-electron chi connectivity index (χ4n) is 5.75. The van der Waals surface area contributed by atoms with Gasteiger partial charge in [-0.2, -0.15) is 23.1 Å². The summed E-state index contributed by atoms with van der Waals surface area (Å²) in [6.07, 6.45) is -1.15. The molecule has 2 aromatic heterocycles. The van der Waals surface area contributed by atoms with Crippen LogP contribution in [0.4, 0.5) is 33.6 Å². The number of benzene rings is 1. The van der Waals surface area contributed by atoms with Crippen LogP contribution in [0, 0.1) is 24.0 Å². The number of aromatic nitrogens is 3. The number of pyridine rings is 1. The molecule has 2 fully saturated rings. The Morgan fingerprint density at radius 3 is 2.46 bits per heavy atom. The van der Waals surface area contributed by atoms with Gasteiger partial charge in [0, 0.05) is 38.1 Å². The molecule has 46 heavy (non-hydrogen) atoms. The lowest BCUT2D eigenvalue weighted by Gasteiger charge is -2.30. The second kappa shape index (κ2) is 14.1. The SMILES string of the molecule is CCCCNCCNc1nc(OCC2(CN3CCOCC3)CC2)nc2c(F)c(-c3nc(N)cc(C)c3C(F)(F)F)c(F)c(OC)c12. The summed E-state index contributed by atoms with van der Waals surface area (Å²) in [7, 11) is 1.13. The Morgan fingerprint density at radius 1 is 1.07 bits per heavy atom. The molecule has 1 saturated carbocycles. The normalized spacial score (nSPS) is 16.5. The van der Waals surface area contributed by atoms with Crippen LogP contribution in [0.25, 0.3) is 22.2 Å². The summed E-state index contributed by atoms with van der Waals surface area (Å²) < 4.78 is 92.2. The second-order valence-electron chi connectivity index (χ2n) is 11.9. The van der Waals surface area contributed by atoms with Crippen molar-refractivity contribution in [1.82, 2.24) is 25.2 Å². The minimum absolute atomic E-state index is 0.0178. The minimum Gasteiger partial charge on any atom is -0.493 e. The number of methoxy groups -OCH3 is 1. The molecule has 1 aliphatic carbocycles. The Labute approximate surface area is 264 Å². The van der Waals surface area contributed by atoms with Crippen LogP contribution in [-0.2, 0) is 10.9 Å². The number of aryl methyl sites for hydroxylation is 1. The van der Waals surface area contributed by atoms with Crippen LogP contribution in [-0.4, -0.2) is 86.1 Å². The molecule has 10 nitrogen and oxygen atoms in total. The lowest BCUT2D eigenvalue weighted by Crippen LogP contribution is -2.41. The van der Waals surface area contributed by atoms with Gasteiger partial charge in [0.1, 0.15) is 17.2 Å². The molecule has 0 radical (unpaired) electrons. The van der Waals surface area contributed by atoms with Gasteiger partial charge < -0.3 is 30.6 Å². The molecule has 0 atom stereocenters. The van der Waals surface area contributed by atoms with Gasteiger partial charge in [-0.3, -0.25) is 4.90 Å². The monoisotopic (exact) mass is 653 g/mol. The maximum Gasteiger partial charge on any atom is 0.418 e. The molecule has 5 rings (SSSR count). The third-order valence-corrected chi connectivity index (χ3v) is 8.35. The number of alkyl halides is 3. The molecular formula is C31H40F5N7O3. The third-order valence-electron chi connectivity index (χ3n) is 8.35. The van der Waals surface area contributed by atoms with Crippen LogP contribution < -0.4 is 25.8 Å². The Hall–Kier alpha value is -3.56. The van der Waals surface area contributed by atoms with E-state index in [9.17, 15) is 13.2 Å². The minimum atomic E-state index is -4.99. The summed E-state index contributed by atoms with van der Waals surface area (Å²) >= 11 is 0. The van der Waals surface area contributed by atoms with Crippen molar-refractivity contribution in [3.8, 4) is 23.0 Å². The number of nitrogens with one attached hydrogen (secondary N) is 2. The number of fused-ring (bicyclic) bond motifs is 1. The molecule has 3 aromatic rings. The number of nitrogen functional groups attached to an aromatic ring is 1. The maximum absolute atomic E-state index is 16.5. The molecule has 252 valence electrons. The highest BCUT2D eigenvalue weighted by Crippen LogP contribution is 2.48. The number of hydrogen-bond acceptors (Lipinski definition) is 10. The zero-order chi connectivity index (χ0) is 33.1. The van der Waals surface area contributed by atoms with Gasteiger partial charge >= 0.3 is 12.2 Å². The number of rotatable bonds is 14. The lowest BCUT2D eigenvalue weighted by molar-refractivity contribution is -0.137. The van der Waals surface area contributed by atoms with Crippen molar-refractivity contribution in [3.63, 3.8) is 0 Å². The largest absolute Gasteiger partial charge is 0.493 e. The number of nitrogens with two attached hydrogens (primary N) is 1. The molecule has 4 N–H and O–H groups in total. The maximum atomic E-state index is 16.5. The van der Waals surface area contributed by atoms with Crippen molar-refractivity contribution >= 4 is 22.5 Å². The summed E-state index contributed by atoms with van der Waals surface area (Å²) in [5.74, 6) is -3.62. The Kier molecular flexibility index (Phi) is 10.3. The summed E-state index contributed by atoms with van der Waals surface area (Å²) in [6, 6.07) is 0.795. The Morgan fingerprint density at radius 2 is 1.80 bits per heavy atom. The fourth-order valence-corrected chi connectivity index (χ4v) is 5.75. The fraction of sp³-hybridized carbons (Fsp3) is 0.581. The first-order valence-corrected chi connectivity index (χ1v) is 15.5. The number of anilines is 2. The van der Waals surface area contributed by atoms with E-state index in [2.05, 4.69) is 37.4 Å². The predicted octanol–water partition coefficient (Wildman–Crippen LogP) is 5.18. The molecule has 0 bridgehead atoms. The average molecular weight is 654 g/mol. The molecule has 0 spiro atoms. The van der Waals surface area contributed by atoms with E-state index in [1.807, 2.05) is 0 Å². The first kappa shape index (κ1) is 33.8. The van der Waals surface area contributed by atoms with E-state index in [-0.39, 0.29) is 40.6 Å². The van der Waals surface area contributed by atoms with Gasteiger partial charge in [-0.25, -0.2) is 13.8 Å². The number of halogens is 5. The van der Waals surface area contributed by atoms with Crippen LogP contribution in [0.15, 0.2) is 6.07 Å². The first-order chi connectivity index (χ1) is 22.0. The van der Waals surface area contributed by atoms with Gasteiger partial charge in [0.2, 0.25) is 0 Å². The standard InChI is InChI=1S/C31H40F5N7O3/c1-4-5-8-38-9-10-39-28-21-26(41-29(42-28)46-17-30(6-7-30)16-43-11-13-45-14-12-43)23(32)20(24(33)27(21)44-3)25-22(31(34,35)36)18(2)15-19(37)40-25/h15,38H,4-14,16-17H2,1-3H3,(H2,37,40)(H,39,41,42). The molecule has 0 amide bonds. The molecule has 0 unspecified atom stereocenters. The molecule has 15 heteroatoms. The van der Waals surface area contributed by atoms with Crippen molar-refractivity contribution in [2.75, 3.05) is 77.2 Å². The van der Waals surface area contributed by atoms with Crippen molar-refractivity contribution < 1.29 is 36.2 Å². The number of unbranched alkanes of at least 4 members (excludes halogenated alkanes) is 1. The van der Waals surface area contributed by atoms with Crippen LogP contribution in [0.5, 0.6) is 11.8 Å². The molecule has 1 aliphatic heterocycles. The van der Waals surface area contributed by atoms with Crippen molar-refractivity contribution in [3.05, 3.63) is 28.8 Å². The van der Waals surface area contributed by atoms with Crippen LogP contribution >= 0.6 is 0 Å². The number of ether oxygens (including phenoxy) is 3. The highest BCUT2D eigenvalue weighted by Gasteiger charge is 2.45. The third kappa shape index (κ3) is 7.36. The number of morpholine rings is 1. The van der Waals surface area contributed by atoms with E-state index in [0.717, 1.165) is 72.0 Å². The predicted molar refractivity (Wildman–Crippen MR) is 164 cm³/mol. The van der Waals surface area contributed by atoms with Gasteiger partial charge in [-0.05, 0) is 44.4 Å². The molecule has 1 saturated heterocycles. The van der Waals surface area contributed by atoms with E-state index in [1.165, 1.54) is 0 Å². The molecule has 2 aliphatic rings. The summed E-state index contributed by atoms with van der Waals surface area (Å²) in [6.45, 7) is 8.80. The molecular weight excluding hydrogens is 613 g/mol. The molecule has 1 aromatic carbocycles. The first-order valence-electron chi connectivity index (χ1n) is 15.5. The van der Waals surface area contributed by atoms with Crippen molar-refractivity contribution in [2.45, 2.75) is 45.7 Å². The van der Waals surface area contributed by atoms with Gasteiger partial charge in [-0.15, -0.1) is 0 Å². The lowest BCUT2D eigenvalue weighted by atomic mass is 9.98. The van der Waals surface area contributed by atoms with E-state index in [0.29, 0.717) is 26.3 Å². The van der Waals surface area contributed by atoms with E-state index < -0.39 is 45.9 Å². The van der Waals surface area contributed by atoms with Gasteiger partial charge in [0.15, 0.2) is 17.4 Å². The second-order valence-corrected chi connectivity index (χ2v) is 11.9. The van der Waals surface area contributed by atoms with Crippen molar-refractivity contribution in [2.24, 2.45) is 5.41 Å². The topological polar surface area (TPSA) is 120 Å². The van der Waals surface area contributed by atoms with Gasteiger partial charge in [0.25, 0.3) is 0 Å². The smallest absolute Gasteiger partial charge is 0.418 e. The van der Waals surface area contributed by atoms with E-state index >= 15 is 8.78 Å². The molecule has 3 heterocycles. The quantitative estimate of drug-likeness (QED) is 0.159. The van der Waals surface area contributed by atoms with Crippen LogP contribution in [0.3, 0.4) is 0 Å². The zero-order valence-electron chi connectivity index (χ0n) is 26.3. The Balaban J connectivity index is 1.58. The van der Waals surface area contributed by atoms with Crippen LogP contribution in [0.1, 0.15) is 43.7 Å². The number of hydrogen-bond donors (Lipinski definition) is 3. The highest BCUT2D eigenvalue weighted by molar-refractivity contribution is 5.99. The van der Waals surface area contributed by atoms with Gasteiger partial charge in [-0.1, -0.05) is 13.3 Å². The Bertz CT molecular complexity index is 1550. The zero-order valence-corrected chi connectivity index (χ0v) is 26.3. The average Bonchev–Trinajstić information content (AvgIpc) is 3.77. The summed E-state index contributed by atoms with van der Waals surface area (Å²) in [5, 5.41) is 6.17.